The minimum Gasteiger partial charge on any atom is -0.393 e. The molecule has 1 fully saturated rings. The van der Waals surface area contributed by atoms with Crippen molar-refractivity contribution in [2.75, 3.05) is 6.54 Å². The fourth-order valence-corrected chi connectivity index (χ4v) is 2.94. The minimum absolute atomic E-state index is 0.0256. The SMILES string of the molecule is O=S(=O)(NCC1CCCC1O)c1cnc[nH]1. The average molecular weight is 245 g/mol. The summed E-state index contributed by atoms with van der Waals surface area (Å²) in [6.07, 6.45) is 4.78. The highest BCUT2D eigenvalue weighted by Gasteiger charge is 2.27. The molecular weight excluding hydrogens is 230 g/mol. The van der Waals surface area contributed by atoms with Gasteiger partial charge in [-0.25, -0.2) is 18.1 Å². The maximum atomic E-state index is 11.7. The number of H-pyrrole nitrogens is 1. The van der Waals surface area contributed by atoms with Crippen LogP contribution in [0.3, 0.4) is 0 Å². The van der Waals surface area contributed by atoms with Crippen molar-refractivity contribution in [2.45, 2.75) is 30.4 Å². The van der Waals surface area contributed by atoms with Gasteiger partial charge >= 0.3 is 0 Å². The molecule has 2 unspecified atom stereocenters. The zero-order chi connectivity index (χ0) is 11.6. The second-order valence-corrected chi connectivity index (χ2v) is 5.76. The van der Waals surface area contributed by atoms with Gasteiger partial charge in [0.05, 0.1) is 18.6 Å². The molecule has 0 aliphatic heterocycles. The summed E-state index contributed by atoms with van der Waals surface area (Å²) in [5, 5.41) is 9.62. The fourth-order valence-electron chi connectivity index (χ4n) is 1.94. The number of aromatic amines is 1. The lowest BCUT2D eigenvalue weighted by atomic mass is 10.1. The maximum absolute atomic E-state index is 11.7. The Morgan fingerprint density at radius 1 is 1.56 bits per heavy atom. The summed E-state index contributed by atoms with van der Waals surface area (Å²) < 4.78 is 25.9. The molecule has 0 spiro atoms. The molecule has 1 heterocycles. The van der Waals surface area contributed by atoms with E-state index in [1.165, 1.54) is 12.5 Å². The molecule has 0 amide bonds. The van der Waals surface area contributed by atoms with Crippen molar-refractivity contribution >= 4 is 10.0 Å². The molecule has 6 nitrogen and oxygen atoms in total. The first-order valence-corrected chi connectivity index (χ1v) is 6.74. The number of sulfonamides is 1. The van der Waals surface area contributed by atoms with Gasteiger partial charge in [-0.05, 0) is 18.8 Å². The smallest absolute Gasteiger partial charge is 0.257 e. The van der Waals surface area contributed by atoms with Crippen molar-refractivity contribution in [3.05, 3.63) is 12.5 Å². The maximum Gasteiger partial charge on any atom is 0.257 e. The van der Waals surface area contributed by atoms with E-state index in [0.717, 1.165) is 19.3 Å². The molecule has 2 rings (SSSR count). The monoisotopic (exact) mass is 245 g/mol. The molecule has 1 aromatic heterocycles. The molecule has 2 atom stereocenters. The lowest BCUT2D eigenvalue weighted by Gasteiger charge is -2.14. The quantitative estimate of drug-likeness (QED) is 0.687. The van der Waals surface area contributed by atoms with E-state index in [4.69, 9.17) is 0 Å². The van der Waals surface area contributed by atoms with Gasteiger partial charge in [0.15, 0.2) is 5.03 Å². The van der Waals surface area contributed by atoms with Crippen LogP contribution in [0.2, 0.25) is 0 Å². The van der Waals surface area contributed by atoms with Crippen LogP contribution in [-0.4, -0.2) is 36.1 Å². The third-order valence-electron chi connectivity index (χ3n) is 2.92. The molecule has 1 aliphatic rings. The van der Waals surface area contributed by atoms with E-state index in [0.29, 0.717) is 0 Å². The number of rotatable bonds is 4. The van der Waals surface area contributed by atoms with E-state index >= 15 is 0 Å². The first-order valence-electron chi connectivity index (χ1n) is 5.26. The van der Waals surface area contributed by atoms with Gasteiger partial charge in [0, 0.05) is 6.54 Å². The van der Waals surface area contributed by atoms with Crippen molar-refractivity contribution < 1.29 is 13.5 Å². The van der Waals surface area contributed by atoms with Gasteiger partial charge < -0.3 is 10.1 Å². The molecular formula is C9H15N3O3S. The normalized spacial score (nSPS) is 26.1. The Kier molecular flexibility index (Phi) is 3.27. The number of nitrogens with one attached hydrogen (secondary N) is 2. The first-order chi connectivity index (χ1) is 7.59. The van der Waals surface area contributed by atoms with Crippen LogP contribution in [0.15, 0.2) is 17.6 Å². The van der Waals surface area contributed by atoms with E-state index in [1.807, 2.05) is 0 Å². The zero-order valence-electron chi connectivity index (χ0n) is 8.76. The Morgan fingerprint density at radius 2 is 2.38 bits per heavy atom. The number of imidazole rings is 1. The third kappa shape index (κ3) is 2.42. The van der Waals surface area contributed by atoms with Crippen LogP contribution in [0.1, 0.15) is 19.3 Å². The summed E-state index contributed by atoms with van der Waals surface area (Å²) in [6.45, 7) is 0.280. The summed E-state index contributed by atoms with van der Waals surface area (Å²) in [7, 11) is -3.51. The molecule has 16 heavy (non-hydrogen) atoms. The van der Waals surface area contributed by atoms with E-state index in [9.17, 15) is 13.5 Å². The predicted molar refractivity (Wildman–Crippen MR) is 57.1 cm³/mol. The second-order valence-electron chi connectivity index (χ2n) is 4.03. The summed E-state index contributed by atoms with van der Waals surface area (Å²) >= 11 is 0. The number of hydrogen-bond acceptors (Lipinski definition) is 4. The molecule has 1 saturated carbocycles. The molecule has 1 aliphatic carbocycles. The highest BCUT2D eigenvalue weighted by Crippen LogP contribution is 2.24. The fraction of sp³-hybridized carbons (Fsp3) is 0.667. The largest absolute Gasteiger partial charge is 0.393 e. The Balaban J connectivity index is 1.95. The lowest BCUT2D eigenvalue weighted by molar-refractivity contribution is 0.134. The van der Waals surface area contributed by atoms with Gasteiger partial charge in [0.25, 0.3) is 10.0 Å². The lowest BCUT2D eigenvalue weighted by Crippen LogP contribution is -2.32. The van der Waals surface area contributed by atoms with Crippen LogP contribution in [0.25, 0.3) is 0 Å². The van der Waals surface area contributed by atoms with Crippen molar-refractivity contribution in [3.8, 4) is 0 Å². The van der Waals surface area contributed by atoms with Crippen LogP contribution in [-0.2, 0) is 10.0 Å². The second kappa shape index (κ2) is 4.52. The van der Waals surface area contributed by atoms with E-state index in [-0.39, 0.29) is 23.6 Å². The predicted octanol–water partition coefficient (Wildman–Crippen LogP) is -0.151. The number of nitrogens with zero attached hydrogens (tertiary/aromatic N) is 1. The third-order valence-corrected chi connectivity index (χ3v) is 4.27. The van der Waals surface area contributed by atoms with Crippen LogP contribution in [0, 0.1) is 5.92 Å². The van der Waals surface area contributed by atoms with E-state index in [2.05, 4.69) is 14.7 Å². The van der Waals surface area contributed by atoms with Crippen molar-refractivity contribution in [1.82, 2.24) is 14.7 Å². The number of hydrogen-bond donors (Lipinski definition) is 3. The topological polar surface area (TPSA) is 95.1 Å². The standard InChI is InChI=1S/C9H15N3O3S/c13-8-3-1-2-7(8)4-12-16(14,15)9-5-10-6-11-9/h5-8,12-13H,1-4H2,(H,10,11). The van der Waals surface area contributed by atoms with Gasteiger partial charge in [0.2, 0.25) is 0 Å². The molecule has 0 saturated heterocycles. The Morgan fingerprint density at radius 3 is 2.94 bits per heavy atom. The zero-order valence-corrected chi connectivity index (χ0v) is 9.57. The molecule has 3 N–H and O–H groups in total. The van der Waals surface area contributed by atoms with Crippen molar-refractivity contribution in [1.29, 1.82) is 0 Å². The molecule has 0 aromatic carbocycles. The number of aromatic nitrogens is 2. The number of aliphatic hydroxyl groups is 1. The Bertz CT molecular complexity index is 429. The Hall–Kier alpha value is -0.920. The first kappa shape index (κ1) is 11.6. The summed E-state index contributed by atoms with van der Waals surface area (Å²) in [6, 6.07) is 0. The summed E-state index contributed by atoms with van der Waals surface area (Å²) in [5.41, 5.74) is 0. The molecule has 90 valence electrons. The molecule has 7 heteroatoms. The van der Waals surface area contributed by atoms with Crippen molar-refractivity contribution in [3.63, 3.8) is 0 Å². The Labute approximate surface area is 94.1 Å². The van der Waals surface area contributed by atoms with Crippen LogP contribution < -0.4 is 4.72 Å². The van der Waals surface area contributed by atoms with E-state index in [1.54, 1.807) is 0 Å². The van der Waals surface area contributed by atoms with Gasteiger partial charge in [0.1, 0.15) is 0 Å². The summed E-state index contributed by atoms with van der Waals surface area (Å²) in [4.78, 5) is 6.20. The highest BCUT2D eigenvalue weighted by atomic mass is 32.2. The van der Waals surface area contributed by atoms with Gasteiger partial charge in [-0.3, -0.25) is 0 Å². The van der Waals surface area contributed by atoms with Gasteiger partial charge in [-0.15, -0.1) is 0 Å². The van der Waals surface area contributed by atoms with Gasteiger partial charge in [-0.2, -0.15) is 0 Å². The van der Waals surface area contributed by atoms with Gasteiger partial charge in [-0.1, -0.05) is 6.42 Å². The van der Waals surface area contributed by atoms with E-state index < -0.39 is 10.0 Å². The number of aliphatic hydroxyl groups excluding tert-OH is 1. The highest BCUT2D eigenvalue weighted by molar-refractivity contribution is 7.89. The van der Waals surface area contributed by atoms with Crippen LogP contribution >= 0.6 is 0 Å². The van der Waals surface area contributed by atoms with Crippen molar-refractivity contribution in [2.24, 2.45) is 5.92 Å². The molecule has 0 bridgehead atoms. The van der Waals surface area contributed by atoms with Crippen LogP contribution in [0.4, 0.5) is 0 Å². The van der Waals surface area contributed by atoms with Crippen LogP contribution in [0.5, 0.6) is 0 Å². The average Bonchev–Trinajstić information content (AvgIpc) is 2.85. The minimum atomic E-state index is -3.51. The molecule has 1 aromatic rings. The molecule has 0 radical (unpaired) electrons. The summed E-state index contributed by atoms with van der Waals surface area (Å²) in [5.74, 6) is 0.0256.